The number of rotatable bonds is 5. The number of hydrogen-bond acceptors (Lipinski definition) is 3. The molecule has 0 aromatic carbocycles. The van der Waals surface area contributed by atoms with Crippen LogP contribution in [-0.4, -0.2) is 80.6 Å². The third kappa shape index (κ3) is 4.47. The van der Waals surface area contributed by atoms with Crippen LogP contribution < -0.4 is 0 Å². The molecule has 16 heavy (non-hydrogen) atoms. The molecule has 0 spiro atoms. The summed E-state index contributed by atoms with van der Waals surface area (Å²) < 4.78 is 0. The molecule has 1 rings (SSSR count). The molecule has 0 unspecified atom stereocenters. The van der Waals surface area contributed by atoms with E-state index in [2.05, 4.69) is 4.90 Å². The first-order valence-corrected chi connectivity index (χ1v) is 5.86. The molecular formula is C11H22N3O2. The van der Waals surface area contributed by atoms with Crippen molar-refractivity contribution in [2.45, 2.75) is 6.42 Å². The maximum Gasteiger partial charge on any atom is 0.236 e. The van der Waals surface area contributed by atoms with Crippen LogP contribution in [0.4, 0.5) is 0 Å². The van der Waals surface area contributed by atoms with Crippen molar-refractivity contribution in [2.24, 2.45) is 0 Å². The first-order valence-electron chi connectivity index (χ1n) is 5.86. The van der Waals surface area contributed by atoms with Crippen molar-refractivity contribution >= 4 is 5.91 Å². The van der Waals surface area contributed by atoms with Gasteiger partial charge >= 0.3 is 0 Å². The van der Waals surface area contributed by atoms with Crippen LogP contribution >= 0.6 is 0 Å². The summed E-state index contributed by atoms with van der Waals surface area (Å²) in [7, 11) is 3.81. The number of piperazine rings is 1. The number of likely N-dealkylation sites (N-methyl/N-ethyl adjacent to an activating group) is 1. The Morgan fingerprint density at radius 3 is 2.31 bits per heavy atom. The van der Waals surface area contributed by atoms with Gasteiger partial charge in [-0.05, 0) is 20.5 Å². The highest BCUT2D eigenvalue weighted by molar-refractivity contribution is 5.78. The van der Waals surface area contributed by atoms with Gasteiger partial charge in [-0.3, -0.25) is 9.69 Å². The van der Waals surface area contributed by atoms with E-state index in [4.69, 9.17) is 0 Å². The van der Waals surface area contributed by atoms with Crippen LogP contribution in [0.2, 0.25) is 0 Å². The molecule has 0 aromatic rings. The lowest BCUT2D eigenvalue weighted by Gasteiger charge is -2.35. The van der Waals surface area contributed by atoms with E-state index in [1.807, 2.05) is 23.9 Å². The van der Waals surface area contributed by atoms with Gasteiger partial charge in [-0.1, -0.05) is 0 Å². The topological polar surface area (TPSA) is 46.7 Å². The van der Waals surface area contributed by atoms with E-state index in [1.54, 1.807) is 0 Å². The van der Waals surface area contributed by atoms with Crippen molar-refractivity contribution < 1.29 is 9.90 Å². The fourth-order valence-corrected chi connectivity index (χ4v) is 1.88. The molecule has 5 nitrogen and oxygen atoms in total. The molecule has 93 valence electrons. The van der Waals surface area contributed by atoms with Gasteiger partial charge in [0.2, 0.25) is 5.91 Å². The third-order valence-electron chi connectivity index (χ3n) is 2.80. The van der Waals surface area contributed by atoms with E-state index in [9.17, 15) is 9.90 Å². The van der Waals surface area contributed by atoms with Crippen LogP contribution in [0.15, 0.2) is 0 Å². The van der Waals surface area contributed by atoms with Gasteiger partial charge in [-0.25, -0.2) is 5.11 Å². The highest BCUT2D eigenvalue weighted by Gasteiger charge is 2.20. The molecule has 0 N–H and O–H groups in total. The minimum Gasteiger partial charge on any atom is -0.339 e. The van der Waals surface area contributed by atoms with Gasteiger partial charge in [0.05, 0.1) is 13.2 Å². The van der Waals surface area contributed by atoms with Crippen LogP contribution in [0.5, 0.6) is 0 Å². The van der Waals surface area contributed by atoms with E-state index in [-0.39, 0.29) is 12.5 Å². The number of amides is 1. The van der Waals surface area contributed by atoms with Crippen LogP contribution in [0.25, 0.3) is 0 Å². The maximum absolute atomic E-state index is 11.7. The van der Waals surface area contributed by atoms with E-state index >= 15 is 0 Å². The molecule has 1 fully saturated rings. The average molecular weight is 228 g/mol. The lowest BCUT2D eigenvalue weighted by atomic mass is 10.3. The summed E-state index contributed by atoms with van der Waals surface area (Å²) in [4.78, 5) is 17.8. The van der Waals surface area contributed by atoms with Crippen molar-refractivity contribution in [3.05, 3.63) is 0 Å². The van der Waals surface area contributed by atoms with Crippen molar-refractivity contribution in [1.29, 1.82) is 0 Å². The van der Waals surface area contributed by atoms with E-state index in [0.717, 1.165) is 32.7 Å². The van der Waals surface area contributed by atoms with E-state index < -0.39 is 0 Å². The fraction of sp³-hybridized carbons (Fsp3) is 0.909. The Morgan fingerprint density at radius 2 is 1.81 bits per heavy atom. The maximum atomic E-state index is 11.7. The molecule has 1 heterocycles. The number of carbonyl (C=O) groups is 1. The zero-order valence-electron chi connectivity index (χ0n) is 10.3. The van der Waals surface area contributed by atoms with Gasteiger partial charge in [0.15, 0.2) is 0 Å². The highest BCUT2D eigenvalue weighted by Crippen LogP contribution is 2.03. The monoisotopic (exact) mass is 228 g/mol. The lowest BCUT2D eigenvalue weighted by Crippen LogP contribution is -2.50. The minimum absolute atomic E-state index is 0.000224. The molecule has 0 aliphatic carbocycles. The standard InChI is InChI=1S/C11H22N3O2/c1-12(2)10-11(16)14-7-5-13(6-8-14)4-3-9-15/h3-10H2,1-2H3. The van der Waals surface area contributed by atoms with Gasteiger partial charge in [-0.2, -0.15) is 0 Å². The SMILES string of the molecule is CN(C)CC(=O)N1CCN(CCC[O])CC1. The van der Waals surface area contributed by atoms with Crippen molar-refractivity contribution in [3.63, 3.8) is 0 Å². The van der Waals surface area contributed by atoms with Crippen molar-refractivity contribution in [1.82, 2.24) is 14.7 Å². The number of nitrogens with zero attached hydrogens (tertiary/aromatic N) is 3. The molecule has 0 bridgehead atoms. The average Bonchev–Trinajstić information content (AvgIpc) is 2.26. The van der Waals surface area contributed by atoms with E-state index in [1.165, 1.54) is 0 Å². The molecule has 5 heteroatoms. The minimum atomic E-state index is -0.000224. The Balaban J connectivity index is 2.23. The highest BCUT2D eigenvalue weighted by atomic mass is 16.3. The second-order valence-electron chi connectivity index (χ2n) is 4.52. The lowest BCUT2D eigenvalue weighted by molar-refractivity contribution is -0.133. The summed E-state index contributed by atoms with van der Waals surface area (Å²) in [5, 5.41) is 10.4. The quantitative estimate of drug-likeness (QED) is 0.638. The van der Waals surface area contributed by atoms with Gasteiger partial charge in [0.1, 0.15) is 0 Å². The van der Waals surface area contributed by atoms with Crippen molar-refractivity contribution in [2.75, 3.05) is 60.0 Å². The number of hydrogen-bond donors (Lipinski definition) is 0. The molecule has 0 aromatic heterocycles. The zero-order valence-corrected chi connectivity index (χ0v) is 10.3. The first-order chi connectivity index (χ1) is 7.63. The van der Waals surface area contributed by atoms with Gasteiger partial charge in [-0.15, -0.1) is 0 Å². The Morgan fingerprint density at radius 1 is 1.19 bits per heavy atom. The summed E-state index contributed by atoms with van der Waals surface area (Å²) in [6, 6.07) is 0. The van der Waals surface area contributed by atoms with Gasteiger partial charge < -0.3 is 9.80 Å². The molecule has 1 radical (unpaired) electrons. The van der Waals surface area contributed by atoms with Gasteiger partial charge in [0, 0.05) is 32.7 Å². The summed E-state index contributed by atoms with van der Waals surface area (Å²) in [5.74, 6) is 0.202. The molecule has 1 amide bonds. The Kier molecular flexibility index (Phi) is 5.73. The Hall–Kier alpha value is -0.650. The number of carbonyl (C=O) groups excluding carboxylic acids is 1. The smallest absolute Gasteiger partial charge is 0.236 e. The molecule has 1 aliphatic rings. The zero-order chi connectivity index (χ0) is 12.0. The predicted molar refractivity (Wildman–Crippen MR) is 61.7 cm³/mol. The second kappa shape index (κ2) is 6.83. The van der Waals surface area contributed by atoms with Gasteiger partial charge in [0.25, 0.3) is 0 Å². The van der Waals surface area contributed by atoms with Crippen LogP contribution in [0.1, 0.15) is 6.42 Å². The normalized spacial score (nSPS) is 18.1. The molecule has 1 aliphatic heterocycles. The van der Waals surface area contributed by atoms with Crippen molar-refractivity contribution in [3.8, 4) is 0 Å². The second-order valence-corrected chi connectivity index (χ2v) is 4.52. The predicted octanol–water partition coefficient (Wildman–Crippen LogP) is -0.487. The molecule has 0 saturated carbocycles. The Bertz CT molecular complexity index is 213. The summed E-state index contributed by atoms with van der Waals surface area (Å²) >= 11 is 0. The Labute approximate surface area is 97.6 Å². The fourth-order valence-electron chi connectivity index (χ4n) is 1.88. The first kappa shape index (κ1) is 13.4. The molecule has 1 saturated heterocycles. The summed E-state index contributed by atoms with van der Waals surface area (Å²) in [6.07, 6.45) is 0.714. The van der Waals surface area contributed by atoms with Crippen LogP contribution in [0.3, 0.4) is 0 Å². The third-order valence-corrected chi connectivity index (χ3v) is 2.80. The summed E-state index contributed by atoms with van der Waals surface area (Å²) in [6.45, 7) is 4.76. The molecular weight excluding hydrogens is 206 g/mol. The van der Waals surface area contributed by atoms with Crippen LogP contribution in [-0.2, 0) is 9.90 Å². The summed E-state index contributed by atoms with van der Waals surface area (Å²) in [5.41, 5.74) is 0. The van der Waals surface area contributed by atoms with E-state index in [0.29, 0.717) is 13.0 Å². The molecule has 0 atom stereocenters. The van der Waals surface area contributed by atoms with Crippen LogP contribution in [0, 0.1) is 0 Å². The largest absolute Gasteiger partial charge is 0.339 e.